The molecular weight excluding hydrogens is 290 g/mol. The Bertz CT molecular complexity index is 650. The number of nitrogen functional groups attached to an aromatic ring is 1. The third-order valence-corrected chi connectivity index (χ3v) is 3.38. The number of aromatic nitrogens is 4. The lowest BCUT2D eigenvalue weighted by atomic mass is 10.1. The van der Waals surface area contributed by atoms with Gasteiger partial charge in [0.15, 0.2) is 17.7 Å². The number of fused-ring (bicyclic) bond motifs is 1. The van der Waals surface area contributed by atoms with E-state index in [-0.39, 0.29) is 16.7 Å². The van der Waals surface area contributed by atoms with E-state index in [1.165, 1.54) is 10.9 Å². The van der Waals surface area contributed by atoms with Gasteiger partial charge in [-0.3, -0.25) is 4.57 Å². The molecule has 1 aliphatic rings. The van der Waals surface area contributed by atoms with Crippen molar-refractivity contribution in [1.29, 1.82) is 0 Å². The van der Waals surface area contributed by atoms with Crippen molar-refractivity contribution < 1.29 is 20.1 Å². The fraction of sp³-hybridized carbons (Fsp3) is 0.500. The Kier molecular flexibility index (Phi) is 3.22. The van der Waals surface area contributed by atoms with E-state index in [4.69, 9.17) is 27.2 Å². The number of nitrogens with zero attached hydrogens (tertiary/aromatic N) is 4. The van der Waals surface area contributed by atoms with Gasteiger partial charge in [-0.05, 0) is 11.6 Å². The van der Waals surface area contributed by atoms with Crippen molar-refractivity contribution in [3.8, 4) is 0 Å². The first-order valence-electron chi connectivity index (χ1n) is 5.81. The highest BCUT2D eigenvalue weighted by Crippen LogP contribution is 2.32. The summed E-state index contributed by atoms with van der Waals surface area (Å²) in [6, 6.07) is 0. The minimum absolute atomic E-state index is 0.0662. The van der Waals surface area contributed by atoms with Gasteiger partial charge in [-0.2, -0.15) is 9.97 Å². The molecule has 20 heavy (non-hydrogen) atoms. The van der Waals surface area contributed by atoms with Crippen LogP contribution in [0.5, 0.6) is 0 Å². The summed E-state index contributed by atoms with van der Waals surface area (Å²) in [5.74, 6) is 0.102. The second kappa shape index (κ2) is 4.79. The smallest absolute Gasteiger partial charge is 0.226 e. The number of halogens is 1. The molecule has 4 atom stereocenters. The number of anilines is 1. The fourth-order valence-electron chi connectivity index (χ4n) is 2.21. The molecule has 3 rings (SSSR count). The Labute approximate surface area is 117 Å². The van der Waals surface area contributed by atoms with E-state index in [2.05, 4.69) is 15.0 Å². The van der Waals surface area contributed by atoms with Crippen LogP contribution in [0.25, 0.3) is 11.2 Å². The predicted octanol–water partition coefficient (Wildman–Crippen LogP) is -1.33. The molecule has 2 aromatic rings. The van der Waals surface area contributed by atoms with Crippen LogP contribution in [-0.4, -0.2) is 59.8 Å². The van der Waals surface area contributed by atoms with Gasteiger partial charge >= 0.3 is 0 Å². The summed E-state index contributed by atoms with van der Waals surface area (Å²) in [7, 11) is 0. The van der Waals surface area contributed by atoms with Crippen LogP contribution in [0.15, 0.2) is 6.33 Å². The van der Waals surface area contributed by atoms with E-state index in [0.717, 1.165) is 0 Å². The molecular formula is C10H12ClN5O4. The number of aliphatic hydroxyl groups is 3. The summed E-state index contributed by atoms with van der Waals surface area (Å²) in [6.45, 7) is -0.417. The Morgan fingerprint density at radius 3 is 2.75 bits per heavy atom. The van der Waals surface area contributed by atoms with Crippen LogP contribution in [0.2, 0.25) is 5.28 Å². The maximum atomic E-state index is 9.99. The molecule has 3 heterocycles. The zero-order chi connectivity index (χ0) is 14.4. The summed E-state index contributed by atoms with van der Waals surface area (Å²) in [6.07, 6.45) is -2.93. The van der Waals surface area contributed by atoms with Crippen LogP contribution in [0.4, 0.5) is 5.82 Å². The van der Waals surface area contributed by atoms with Crippen molar-refractivity contribution >= 4 is 28.6 Å². The summed E-state index contributed by atoms with van der Waals surface area (Å²) in [4.78, 5) is 11.8. The highest BCUT2D eigenvalue weighted by molar-refractivity contribution is 6.28. The van der Waals surface area contributed by atoms with Crippen LogP contribution in [0.3, 0.4) is 0 Å². The second-order valence-electron chi connectivity index (χ2n) is 4.43. The number of rotatable bonds is 2. The lowest BCUT2D eigenvalue weighted by molar-refractivity contribution is -0.0511. The standard InChI is InChI=1S/C10H12ClN5O4/c11-10-14-7(12)4-8(15-10)16(2-13-4)9-6(19)5(18)3(1-17)20-9/h2-3,5-6,9,17-19H,1H2,(H2,12,14,15)/t3-,5-,6-,9-/m0/s1. The largest absolute Gasteiger partial charge is 0.394 e. The van der Waals surface area contributed by atoms with E-state index in [9.17, 15) is 10.2 Å². The fourth-order valence-corrected chi connectivity index (χ4v) is 2.38. The van der Waals surface area contributed by atoms with Crippen molar-refractivity contribution in [2.75, 3.05) is 12.3 Å². The Hall–Kier alpha value is -1.52. The molecule has 108 valence electrons. The van der Waals surface area contributed by atoms with Crippen LogP contribution in [0, 0.1) is 0 Å². The SMILES string of the molecule is Nc1nc(Cl)nc2c1ncn2[C@H]1O[C@@H](CO)[C@H](O)[C@@H]1O. The normalized spacial score (nSPS) is 30.2. The van der Waals surface area contributed by atoms with Gasteiger partial charge in [0.25, 0.3) is 0 Å². The topological polar surface area (TPSA) is 140 Å². The van der Waals surface area contributed by atoms with Gasteiger partial charge in [0, 0.05) is 0 Å². The molecule has 10 heteroatoms. The Morgan fingerprint density at radius 1 is 1.35 bits per heavy atom. The first-order chi connectivity index (χ1) is 9.52. The molecule has 0 spiro atoms. The summed E-state index contributed by atoms with van der Waals surface area (Å²) >= 11 is 5.74. The number of imidazole rings is 1. The monoisotopic (exact) mass is 301 g/mol. The van der Waals surface area contributed by atoms with E-state index in [0.29, 0.717) is 5.52 Å². The quantitative estimate of drug-likeness (QED) is 0.500. The average Bonchev–Trinajstić information content (AvgIpc) is 2.93. The van der Waals surface area contributed by atoms with Crippen molar-refractivity contribution in [3.63, 3.8) is 0 Å². The molecule has 5 N–H and O–H groups in total. The summed E-state index contributed by atoms with van der Waals surface area (Å²) in [5.41, 5.74) is 6.27. The molecule has 1 saturated heterocycles. The van der Waals surface area contributed by atoms with Crippen LogP contribution in [0.1, 0.15) is 6.23 Å². The zero-order valence-corrected chi connectivity index (χ0v) is 10.8. The van der Waals surface area contributed by atoms with Crippen LogP contribution >= 0.6 is 11.6 Å². The van der Waals surface area contributed by atoms with Gasteiger partial charge in [0.2, 0.25) is 5.28 Å². The summed E-state index contributed by atoms with van der Waals surface area (Å²) < 4.78 is 6.79. The third kappa shape index (κ3) is 1.91. The third-order valence-electron chi connectivity index (χ3n) is 3.21. The molecule has 2 aromatic heterocycles. The number of nitrogens with two attached hydrogens (primary N) is 1. The van der Waals surface area contributed by atoms with Gasteiger partial charge in [-0.1, -0.05) is 0 Å². The molecule has 0 aliphatic carbocycles. The molecule has 0 unspecified atom stereocenters. The predicted molar refractivity (Wildman–Crippen MR) is 67.8 cm³/mol. The Morgan fingerprint density at radius 2 is 2.10 bits per heavy atom. The molecule has 0 amide bonds. The molecule has 0 bridgehead atoms. The molecule has 1 fully saturated rings. The van der Waals surface area contributed by atoms with Gasteiger partial charge in [-0.25, -0.2) is 4.98 Å². The number of aliphatic hydroxyl groups excluding tert-OH is 3. The number of ether oxygens (including phenoxy) is 1. The maximum Gasteiger partial charge on any atom is 0.226 e. The van der Waals surface area contributed by atoms with Gasteiger partial charge in [-0.15, -0.1) is 0 Å². The van der Waals surface area contributed by atoms with E-state index >= 15 is 0 Å². The van der Waals surface area contributed by atoms with Gasteiger partial charge in [0.05, 0.1) is 12.9 Å². The Balaban J connectivity index is 2.07. The van der Waals surface area contributed by atoms with Crippen LogP contribution in [-0.2, 0) is 4.74 Å². The average molecular weight is 302 g/mol. The van der Waals surface area contributed by atoms with Crippen molar-refractivity contribution in [1.82, 2.24) is 19.5 Å². The highest BCUT2D eigenvalue weighted by Gasteiger charge is 2.44. The lowest BCUT2D eigenvalue weighted by Crippen LogP contribution is -2.33. The molecule has 9 nitrogen and oxygen atoms in total. The lowest BCUT2D eigenvalue weighted by Gasteiger charge is -2.16. The van der Waals surface area contributed by atoms with Crippen molar-refractivity contribution in [2.45, 2.75) is 24.5 Å². The highest BCUT2D eigenvalue weighted by atomic mass is 35.5. The van der Waals surface area contributed by atoms with E-state index in [1.54, 1.807) is 0 Å². The number of hydrogen-bond acceptors (Lipinski definition) is 8. The second-order valence-corrected chi connectivity index (χ2v) is 4.77. The molecule has 0 saturated carbocycles. The molecule has 0 radical (unpaired) electrons. The first kappa shape index (κ1) is 13.5. The minimum atomic E-state index is -1.24. The van der Waals surface area contributed by atoms with Gasteiger partial charge < -0.3 is 25.8 Å². The zero-order valence-electron chi connectivity index (χ0n) is 10.1. The molecule has 1 aliphatic heterocycles. The van der Waals surface area contributed by atoms with Gasteiger partial charge in [0.1, 0.15) is 23.8 Å². The van der Waals surface area contributed by atoms with Crippen molar-refractivity contribution in [3.05, 3.63) is 11.6 Å². The molecule has 0 aromatic carbocycles. The van der Waals surface area contributed by atoms with Crippen LogP contribution < -0.4 is 5.73 Å². The van der Waals surface area contributed by atoms with Crippen molar-refractivity contribution in [2.24, 2.45) is 0 Å². The van der Waals surface area contributed by atoms with E-state index < -0.39 is 31.1 Å². The first-order valence-corrected chi connectivity index (χ1v) is 6.18. The number of hydrogen-bond donors (Lipinski definition) is 4. The van der Waals surface area contributed by atoms with E-state index in [1.807, 2.05) is 0 Å². The minimum Gasteiger partial charge on any atom is -0.394 e. The maximum absolute atomic E-state index is 9.99. The summed E-state index contributed by atoms with van der Waals surface area (Å²) in [5, 5.41) is 28.8.